The summed E-state index contributed by atoms with van der Waals surface area (Å²) < 4.78 is 0. The third-order valence-electron chi connectivity index (χ3n) is 5.76. The van der Waals surface area contributed by atoms with Crippen LogP contribution in [0.25, 0.3) is 33.0 Å². The van der Waals surface area contributed by atoms with Crippen molar-refractivity contribution in [2.24, 2.45) is 10.7 Å². The standard InChI is InChI=1S/C30H23N3/c31-29(33-30(32)28-19-16-22-8-4-5-9-27(22)20-28)26-17-14-25(15-18-26)24-12-10-23(11-13-24)21-6-2-1-3-7-21/h1-20H,(H3,31,32,33). The minimum Gasteiger partial charge on any atom is -0.383 e. The molecule has 158 valence electrons. The Morgan fingerprint density at radius 1 is 0.515 bits per heavy atom. The number of hydrogen-bond donors (Lipinski definition) is 2. The van der Waals surface area contributed by atoms with Crippen LogP contribution in [0.5, 0.6) is 0 Å². The van der Waals surface area contributed by atoms with Crippen LogP contribution in [-0.4, -0.2) is 11.7 Å². The molecular weight excluding hydrogens is 402 g/mol. The second-order valence-electron chi connectivity index (χ2n) is 7.93. The van der Waals surface area contributed by atoms with Crippen molar-refractivity contribution in [3.63, 3.8) is 0 Å². The lowest BCUT2D eigenvalue weighted by molar-refractivity contribution is 1.40. The lowest BCUT2D eigenvalue weighted by atomic mass is 9.99. The van der Waals surface area contributed by atoms with Gasteiger partial charge in [0.05, 0.1) is 0 Å². The number of nitrogens with one attached hydrogen (secondary N) is 1. The van der Waals surface area contributed by atoms with Crippen molar-refractivity contribution in [2.75, 3.05) is 0 Å². The maximum atomic E-state index is 8.40. The van der Waals surface area contributed by atoms with Gasteiger partial charge in [0.15, 0.2) is 5.84 Å². The molecule has 0 aliphatic heterocycles. The van der Waals surface area contributed by atoms with Crippen molar-refractivity contribution in [2.45, 2.75) is 0 Å². The monoisotopic (exact) mass is 425 g/mol. The van der Waals surface area contributed by atoms with Gasteiger partial charge in [-0.2, -0.15) is 0 Å². The third-order valence-corrected chi connectivity index (χ3v) is 5.76. The summed E-state index contributed by atoms with van der Waals surface area (Å²) in [5.41, 5.74) is 12.4. The first-order valence-corrected chi connectivity index (χ1v) is 10.9. The van der Waals surface area contributed by atoms with Crippen LogP contribution in [0, 0.1) is 5.41 Å². The van der Waals surface area contributed by atoms with E-state index in [1.54, 1.807) is 0 Å². The molecule has 0 spiro atoms. The lowest BCUT2D eigenvalue weighted by Crippen LogP contribution is -2.15. The summed E-state index contributed by atoms with van der Waals surface area (Å²) in [5, 5.41) is 10.7. The van der Waals surface area contributed by atoms with Crippen molar-refractivity contribution >= 4 is 22.4 Å². The molecular formula is C30H23N3. The van der Waals surface area contributed by atoms with E-state index in [1.165, 1.54) is 11.1 Å². The fourth-order valence-corrected chi connectivity index (χ4v) is 3.90. The Bertz CT molecular complexity index is 1450. The highest BCUT2D eigenvalue weighted by Gasteiger charge is 2.06. The summed E-state index contributed by atoms with van der Waals surface area (Å²) in [5.74, 6) is 0.484. The van der Waals surface area contributed by atoms with Crippen LogP contribution in [0.1, 0.15) is 11.1 Å². The molecule has 0 saturated heterocycles. The van der Waals surface area contributed by atoms with Gasteiger partial charge in [-0.1, -0.05) is 115 Å². The largest absolute Gasteiger partial charge is 0.383 e. The SMILES string of the molecule is N=C(/N=C(\N)c1ccc2ccccc2c1)c1ccc(-c2ccc(-c3ccccc3)cc2)cc1. The van der Waals surface area contributed by atoms with Gasteiger partial charge in [0.25, 0.3) is 0 Å². The van der Waals surface area contributed by atoms with Crippen LogP contribution < -0.4 is 5.73 Å². The number of rotatable bonds is 4. The second kappa shape index (κ2) is 8.93. The third kappa shape index (κ3) is 4.43. The molecule has 33 heavy (non-hydrogen) atoms. The Balaban J connectivity index is 1.33. The van der Waals surface area contributed by atoms with Gasteiger partial charge in [-0.3, -0.25) is 5.41 Å². The molecule has 0 heterocycles. The van der Waals surface area contributed by atoms with Crippen LogP contribution in [-0.2, 0) is 0 Å². The van der Waals surface area contributed by atoms with E-state index in [9.17, 15) is 0 Å². The molecule has 0 unspecified atom stereocenters. The van der Waals surface area contributed by atoms with E-state index >= 15 is 0 Å². The van der Waals surface area contributed by atoms with Crippen molar-refractivity contribution in [3.05, 3.63) is 132 Å². The lowest BCUT2D eigenvalue weighted by Gasteiger charge is -2.07. The molecule has 0 saturated carbocycles. The maximum Gasteiger partial charge on any atom is 0.154 e. The number of hydrogen-bond acceptors (Lipinski definition) is 1. The first kappa shape index (κ1) is 20.4. The number of nitrogens with two attached hydrogens (primary N) is 1. The number of amidine groups is 2. The zero-order valence-electron chi connectivity index (χ0n) is 18.1. The highest BCUT2D eigenvalue weighted by molar-refractivity contribution is 6.10. The number of nitrogens with zero attached hydrogens (tertiary/aromatic N) is 1. The Morgan fingerprint density at radius 2 is 1.00 bits per heavy atom. The van der Waals surface area contributed by atoms with Crippen LogP contribution >= 0.6 is 0 Å². The van der Waals surface area contributed by atoms with Crippen LogP contribution in [0.3, 0.4) is 0 Å². The molecule has 0 aliphatic carbocycles. The van der Waals surface area contributed by atoms with Gasteiger partial charge in [0.1, 0.15) is 5.84 Å². The summed E-state index contributed by atoms with van der Waals surface area (Å²) in [4.78, 5) is 4.35. The molecule has 3 N–H and O–H groups in total. The van der Waals surface area contributed by atoms with Crippen molar-refractivity contribution in [3.8, 4) is 22.3 Å². The van der Waals surface area contributed by atoms with Gasteiger partial charge in [0.2, 0.25) is 0 Å². The van der Waals surface area contributed by atoms with Crippen molar-refractivity contribution in [1.82, 2.24) is 0 Å². The molecule has 3 nitrogen and oxygen atoms in total. The quantitative estimate of drug-likeness (QED) is 0.239. The molecule has 5 rings (SSSR count). The van der Waals surface area contributed by atoms with E-state index in [0.29, 0.717) is 5.84 Å². The van der Waals surface area contributed by atoms with E-state index in [4.69, 9.17) is 11.1 Å². The fourth-order valence-electron chi connectivity index (χ4n) is 3.90. The summed E-state index contributed by atoms with van der Waals surface area (Å²) in [6.45, 7) is 0. The molecule has 0 aliphatic rings. The Morgan fingerprint density at radius 3 is 1.64 bits per heavy atom. The van der Waals surface area contributed by atoms with Gasteiger partial charge in [-0.05, 0) is 39.1 Å². The Labute approximate surface area is 193 Å². The van der Waals surface area contributed by atoms with Crippen molar-refractivity contribution in [1.29, 1.82) is 5.41 Å². The predicted octanol–water partition coefficient (Wildman–Crippen LogP) is 6.90. The van der Waals surface area contributed by atoms with Crippen LogP contribution in [0.15, 0.2) is 126 Å². The molecule has 5 aromatic rings. The minimum atomic E-state index is 0.145. The van der Waals surface area contributed by atoms with Gasteiger partial charge < -0.3 is 5.73 Å². The highest BCUT2D eigenvalue weighted by atomic mass is 14.9. The van der Waals surface area contributed by atoms with E-state index in [1.807, 2.05) is 78.9 Å². The van der Waals surface area contributed by atoms with E-state index in [0.717, 1.165) is 33.0 Å². The summed E-state index contributed by atoms with van der Waals surface area (Å²) >= 11 is 0. The van der Waals surface area contributed by atoms with Crippen LogP contribution in [0.4, 0.5) is 0 Å². The molecule has 0 amide bonds. The molecule has 0 radical (unpaired) electrons. The second-order valence-corrected chi connectivity index (χ2v) is 7.93. The molecule has 0 bridgehead atoms. The number of aliphatic imine (C=N–C) groups is 1. The Kier molecular flexibility index (Phi) is 5.52. The van der Waals surface area contributed by atoms with Gasteiger partial charge >= 0.3 is 0 Å². The zero-order chi connectivity index (χ0) is 22.6. The first-order valence-electron chi connectivity index (χ1n) is 10.9. The van der Waals surface area contributed by atoms with Gasteiger partial charge in [0, 0.05) is 11.1 Å². The van der Waals surface area contributed by atoms with E-state index in [-0.39, 0.29) is 5.84 Å². The van der Waals surface area contributed by atoms with E-state index in [2.05, 4.69) is 47.5 Å². The van der Waals surface area contributed by atoms with Gasteiger partial charge in [-0.25, -0.2) is 4.99 Å². The first-order chi connectivity index (χ1) is 16.2. The molecule has 5 aromatic carbocycles. The summed E-state index contributed by atoms with van der Waals surface area (Å²) in [6.07, 6.45) is 0. The van der Waals surface area contributed by atoms with Crippen LogP contribution in [0.2, 0.25) is 0 Å². The summed E-state index contributed by atoms with van der Waals surface area (Å²) in [6, 6.07) is 40.8. The maximum absolute atomic E-state index is 8.40. The molecule has 0 fully saturated rings. The summed E-state index contributed by atoms with van der Waals surface area (Å²) in [7, 11) is 0. The highest BCUT2D eigenvalue weighted by Crippen LogP contribution is 2.25. The zero-order valence-corrected chi connectivity index (χ0v) is 18.1. The smallest absolute Gasteiger partial charge is 0.154 e. The molecule has 0 aromatic heterocycles. The Hall–Kier alpha value is -4.50. The minimum absolute atomic E-state index is 0.145. The average molecular weight is 426 g/mol. The molecule has 3 heteroatoms. The average Bonchev–Trinajstić information content (AvgIpc) is 2.89. The molecule has 0 atom stereocenters. The number of benzene rings is 5. The van der Waals surface area contributed by atoms with Crippen molar-refractivity contribution < 1.29 is 0 Å². The predicted molar refractivity (Wildman–Crippen MR) is 139 cm³/mol. The normalized spacial score (nSPS) is 11.5. The fraction of sp³-hybridized carbons (Fsp3) is 0. The number of fused-ring (bicyclic) bond motifs is 1. The topological polar surface area (TPSA) is 62.2 Å². The van der Waals surface area contributed by atoms with Gasteiger partial charge in [-0.15, -0.1) is 0 Å². The van der Waals surface area contributed by atoms with E-state index < -0.39 is 0 Å².